The Hall–Kier alpha value is -3.61. The van der Waals surface area contributed by atoms with Gasteiger partial charge in [0.2, 0.25) is 11.8 Å². The summed E-state index contributed by atoms with van der Waals surface area (Å²) in [5.41, 5.74) is 1.36. The van der Waals surface area contributed by atoms with E-state index in [1.165, 1.54) is 16.0 Å². The van der Waals surface area contributed by atoms with Gasteiger partial charge < -0.3 is 10.2 Å². The number of aromatic nitrogens is 1. The van der Waals surface area contributed by atoms with Crippen LogP contribution in [0, 0.1) is 17.1 Å². The molecule has 1 saturated heterocycles. The van der Waals surface area contributed by atoms with Crippen molar-refractivity contribution in [1.29, 1.82) is 5.26 Å². The third kappa shape index (κ3) is 6.52. The van der Waals surface area contributed by atoms with E-state index in [0.29, 0.717) is 25.1 Å². The van der Waals surface area contributed by atoms with Crippen LogP contribution in [0.3, 0.4) is 0 Å². The minimum atomic E-state index is -2.77. The van der Waals surface area contributed by atoms with Crippen molar-refractivity contribution in [2.24, 2.45) is 0 Å². The van der Waals surface area contributed by atoms with Gasteiger partial charge in [0.1, 0.15) is 17.9 Å². The molecule has 0 bridgehead atoms. The molecule has 1 N–H and O–H groups in total. The number of alkyl halides is 2. The first-order valence-corrected chi connectivity index (χ1v) is 13.3. The molecule has 1 saturated carbocycles. The molecule has 1 aromatic heterocycles. The number of nitrogens with one attached hydrogen (secondary N) is 1. The van der Waals surface area contributed by atoms with E-state index < -0.39 is 41.8 Å². The Morgan fingerprint density at radius 1 is 1.15 bits per heavy atom. The number of carbonyl (C=O) groups is 2. The number of carbonyl (C=O) groups excluding carboxylic acids is 2. The maximum Gasteiger partial charge on any atom is 0.326 e. The molecule has 2 fully saturated rings. The van der Waals surface area contributed by atoms with Crippen molar-refractivity contribution >= 4 is 17.6 Å². The second-order valence-electron chi connectivity index (χ2n) is 11.4. The highest BCUT2D eigenvalue weighted by Gasteiger charge is 2.41. The lowest BCUT2D eigenvalue weighted by Crippen LogP contribution is -2.52. The number of urea groups is 1. The Bertz CT molecular complexity index is 1230. The first kappa shape index (κ1) is 28.4. The number of hydrogen-bond acceptors (Lipinski definition) is 4. The smallest absolute Gasteiger partial charge is 0.326 e. The van der Waals surface area contributed by atoms with Crippen LogP contribution in [0.1, 0.15) is 76.5 Å². The van der Waals surface area contributed by atoms with Gasteiger partial charge in [0, 0.05) is 42.9 Å². The number of likely N-dealkylation sites (tertiary alicyclic amines) is 1. The molecule has 2 heterocycles. The highest BCUT2D eigenvalue weighted by Crippen LogP contribution is 2.36. The molecular formula is C29H34F3N5O2. The molecule has 7 nitrogen and oxygen atoms in total. The molecule has 4 rings (SSSR count). The quantitative estimate of drug-likeness (QED) is 0.513. The van der Waals surface area contributed by atoms with E-state index in [4.69, 9.17) is 0 Å². The Morgan fingerprint density at radius 3 is 2.41 bits per heavy atom. The molecule has 1 aromatic carbocycles. The number of benzene rings is 1. The van der Waals surface area contributed by atoms with Gasteiger partial charge >= 0.3 is 6.03 Å². The molecule has 0 radical (unpaired) electrons. The van der Waals surface area contributed by atoms with Gasteiger partial charge in [-0.1, -0.05) is 32.9 Å². The normalized spacial score (nSPS) is 20.2. The van der Waals surface area contributed by atoms with E-state index in [1.54, 1.807) is 12.1 Å². The lowest BCUT2D eigenvalue weighted by Gasteiger charge is -2.37. The summed E-state index contributed by atoms with van der Waals surface area (Å²) in [7, 11) is 0. The predicted octanol–water partition coefficient (Wildman–Crippen LogP) is 5.87. The summed E-state index contributed by atoms with van der Waals surface area (Å²) in [5, 5.41) is 12.5. The molecule has 208 valence electrons. The molecule has 39 heavy (non-hydrogen) atoms. The van der Waals surface area contributed by atoms with Crippen LogP contribution in [0.15, 0.2) is 42.7 Å². The number of amides is 3. The van der Waals surface area contributed by atoms with E-state index in [9.17, 15) is 28.0 Å². The summed E-state index contributed by atoms with van der Waals surface area (Å²) in [6.45, 7) is 6.49. The van der Waals surface area contributed by atoms with Gasteiger partial charge in [-0.15, -0.1) is 0 Å². The van der Waals surface area contributed by atoms with Gasteiger partial charge in [-0.05, 0) is 54.9 Å². The van der Waals surface area contributed by atoms with Gasteiger partial charge in [0.25, 0.3) is 0 Å². The molecule has 10 heteroatoms. The SMILES string of the molecule is CC(C)(C)c1ccc(N(C(=O)N2CCC[C@H]2C#N)C(C(=O)NC2CCC(F)(F)CC2)c2cncc(F)c2)cc1. The monoisotopic (exact) mass is 541 g/mol. The molecule has 1 aliphatic carbocycles. The van der Waals surface area contributed by atoms with Crippen LogP contribution >= 0.6 is 0 Å². The summed E-state index contributed by atoms with van der Waals surface area (Å²) in [5.74, 6) is -4.08. The molecule has 3 amide bonds. The minimum Gasteiger partial charge on any atom is -0.351 e. The lowest BCUT2D eigenvalue weighted by atomic mass is 9.87. The van der Waals surface area contributed by atoms with E-state index in [-0.39, 0.29) is 36.7 Å². The standard InChI is InChI=1S/C29H34F3N5O2/c1-28(2,3)20-6-8-23(9-7-20)37(27(39)36-14-4-5-24(36)16-33)25(19-15-21(30)18-34-17-19)26(38)35-22-10-12-29(31,32)13-11-22/h6-9,15,17-18,22,24-25H,4-5,10-14H2,1-3H3,(H,35,38)/t24-,25?/m0/s1. The van der Waals surface area contributed by atoms with Crippen molar-refractivity contribution in [1.82, 2.24) is 15.2 Å². The number of nitrogens with zero attached hydrogens (tertiary/aromatic N) is 4. The number of halogens is 3. The highest BCUT2D eigenvalue weighted by molar-refractivity contribution is 6.01. The van der Waals surface area contributed by atoms with Crippen molar-refractivity contribution < 1.29 is 22.8 Å². The van der Waals surface area contributed by atoms with Crippen LogP contribution in [0.2, 0.25) is 0 Å². The fraction of sp³-hybridized carbons (Fsp3) is 0.517. The third-order valence-corrected chi connectivity index (χ3v) is 7.48. The molecule has 2 atom stereocenters. The van der Waals surface area contributed by atoms with Crippen LogP contribution in [-0.2, 0) is 10.2 Å². The van der Waals surface area contributed by atoms with Gasteiger partial charge in [0.05, 0.1) is 12.3 Å². The Kier molecular flexibility index (Phi) is 8.19. The van der Waals surface area contributed by atoms with Crippen LogP contribution in [-0.4, -0.2) is 46.4 Å². The third-order valence-electron chi connectivity index (χ3n) is 7.48. The van der Waals surface area contributed by atoms with Crippen molar-refractivity contribution in [2.75, 3.05) is 11.4 Å². The number of rotatable bonds is 5. The van der Waals surface area contributed by atoms with Crippen molar-refractivity contribution in [3.63, 3.8) is 0 Å². The van der Waals surface area contributed by atoms with Crippen LogP contribution in [0.25, 0.3) is 0 Å². The number of hydrogen-bond donors (Lipinski definition) is 1. The van der Waals surface area contributed by atoms with Gasteiger partial charge in [-0.2, -0.15) is 5.26 Å². The summed E-state index contributed by atoms with van der Waals surface area (Å²) in [6, 6.07) is 7.39. The van der Waals surface area contributed by atoms with E-state index in [2.05, 4.69) is 37.1 Å². The zero-order valence-electron chi connectivity index (χ0n) is 22.5. The molecule has 0 spiro atoms. The molecular weight excluding hydrogens is 507 g/mol. The van der Waals surface area contributed by atoms with Crippen LogP contribution < -0.4 is 10.2 Å². The fourth-order valence-corrected chi connectivity index (χ4v) is 5.22. The molecule has 2 aromatic rings. The Labute approximate surface area is 227 Å². The number of pyridine rings is 1. The summed E-state index contributed by atoms with van der Waals surface area (Å²) >= 11 is 0. The summed E-state index contributed by atoms with van der Waals surface area (Å²) in [6.07, 6.45) is 2.93. The minimum absolute atomic E-state index is 0.0870. The first-order valence-electron chi connectivity index (χ1n) is 13.3. The van der Waals surface area contributed by atoms with E-state index in [0.717, 1.165) is 17.8 Å². The van der Waals surface area contributed by atoms with Crippen molar-refractivity contribution in [3.8, 4) is 6.07 Å². The Morgan fingerprint density at radius 2 is 1.82 bits per heavy atom. The van der Waals surface area contributed by atoms with Gasteiger partial charge in [-0.3, -0.25) is 14.7 Å². The zero-order chi connectivity index (χ0) is 28.4. The molecule has 1 unspecified atom stereocenters. The van der Waals surface area contributed by atoms with Gasteiger partial charge in [0.15, 0.2) is 0 Å². The average molecular weight is 542 g/mol. The van der Waals surface area contributed by atoms with Crippen molar-refractivity contribution in [3.05, 3.63) is 59.7 Å². The second-order valence-corrected chi connectivity index (χ2v) is 11.4. The maximum atomic E-state index is 14.4. The summed E-state index contributed by atoms with van der Waals surface area (Å²) < 4.78 is 41.9. The lowest BCUT2D eigenvalue weighted by molar-refractivity contribution is -0.124. The maximum absolute atomic E-state index is 14.4. The van der Waals surface area contributed by atoms with E-state index >= 15 is 0 Å². The second kappa shape index (κ2) is 11.2. The Balaban J connectivity index is 1.77. The number of anilines is 1. The van der Waals surface area contributed by atoms with E-state index in [1.807, 2.05) is 12.1 Å². The fourth-order valence-electron chi connectivity index (χ4n) is 5.22. The topological polar surface area (TPSA) is 89.3 Å². The van der Waals surface area contributed by atoms with Gasteiger partial charge in [-0.25, -0.2) is 18.0 Å². The largest absolute Gasteiger partial charge is 0.351 e. The van der Waals surface area contributed by atoms with Crippen molar-refractivity contribution in [2.45, 2.75) is 88.8 Å². The van der Waals surface area contributed by atoms with Crippen LogP contribution in [0.4, 0.5) is 23.7 Å². The molecule has 1 aliphatic heterocycles. The highest BCUT2D eigenvalue weighted by atomic mass is 19.3. The predicted molar refractivity (Wildman–Crippen MR) is 141 cm³/mol. The summed E-state index contributed by atoms with van der Waals surface area (Å²) in [4.78, 5) is 34.6. The molecule has 2 aliphatic rings. The first-order chi connectivity index (χ1) is 18.4. The van der Waals surface area contributed by atoms with Crippen LogP contribution in [0.5, 0.6) is 0 Å². The zero-order valence-corrected chi connectivity index (χ0v) is 22.5. The average Bonchev–Trinajstić information content (AvgIpc) is 3.37. The number of nitriles is 1.